The summed E-state index contributed by atoms with van der Waals surface area (Å²) in [5.74, 6) is -0.500. The number of hydrogen-bond acceptors (Lipinski definition) is 5. The first-order valence-electron chi connectivity index (χ1n) is 7.35. The van der Waals surface area contributed by atoms with E-state index in [9.17, 15) is 13.2 Å². The molecular formula is C17H17NO5S. The lowest BCUT2D eigenvalue weighted by Crippen LogP contribution is -2.34. The van der Waals surface area contributed by atoms with Crippen LogP contribution < -0.4 is 0 Å². The molecule has 6 nitrogen and oxygen atoms in total. The molecule has 7 heteroatoms. The maximum absolute atomic E-state index is 12.8. The number of sulfonamides is 1. The molecule has 0 aliphatic carbocycles. The highest BCUT2D eigenvalue weighted by Crippen LogP contribution is 2.27. The van der Waals surface area contributed by atoms with Gasteiger partial charge in [0.2, 0.25) is 0 Å². The minimum atomic E-state index is -3.82. The van der Waals surface area contributed by atoms with Gasteiger partial charge in [-0.3, -0.25) is 4.84 Å². The van der Waals surface area contributed by atoms with Gasteiger partial charge in [0.1, 0.15) is 0 Å². The van der Waals surface area contributed by atoms with Gasteiger partial charge in [0, 0.05) is 0 Å². The van der Waals surface area contributed by atoms with Gasteiger partial charge in [-0.15, -0.1) is 0 Å². The maximum Gasteiger partial charge on any atom is 0.338 e. The highest BCUT2D eigenvalue weighted by Gasteiger charge is 2.30. The predicted octanol–water partition coefficient (Wildman–Crippen LogP) is 2.42. The van der Waals surface area contributed by atoms with Crippen molar-refractivity contribution in [2.45, 2.75) is 25.0 Å². The molecule has 2 aromatic carbocycles. The average molecular weight is 347 g/mol. The quantitative estimate of drug-likeness (QED) is 0.797. The van der Waals surface area contributed by atoms with Crippen LogP contribution in [0.25, 0.3) is 0 Å². The molecule has 0 atom stereocenters. The minimum Gasteiger partial charge on any atom is -0.465 e. The number of rotatable bonds is 3. The fourth-order valence-electron chi connectivity index (χ4n) is 2.59. The highest BCUT2D eigenvalue weighted by molar-refractivity contribution is 7.89. The van der Waals surface area contributed by atoms with Gasteiger partial charge < -0.3 is 4.74 Å². The first-order valence-corrected chi connectivity index (χ1v) is 8.79. The molecule has 0 unspecified atom stereocenters. The Kier molecular flexibility index (Phi) is 4.40. The van der Waals surface area contributed by atoms with Crippen molar-refractivity contribution in [3.05, 3.63) is 64.7 Å². The summed E-state index contributed by atoms with van der Waals surface area (Å²) < 4.78 is 31.2. The summed E-state index contributed by atoms with van der Waals surface area (Å²) in [4.78, 5) is 17.1. The van der Waals surface area contributed by atoms with Crippen LogP contribution in [0.4, 0.5) is 0 Å². The van der Waals surface area contributed by atoms with Crippen LogP contribution in [0.5, 0.6) is 0 Å². The van der Waals surface area contributed by atoms with E-state index in [0.717, 1.165) is 15.6 Å². The van der Waals surface area contributed by atoms with Gasteiger partial charge >= 0.3 is 5.97 Å². The van der Waals surface area contributed by atoms with Crippen LogP contribution in [0.3, 0.4) is 0 Å². The summed E-state index contributed by atoms with van der Waals surface area (Å²) in [5, 5.41) is 0. The van der Waals surface area contributed by atoms with E-state index >= 15 is 0 Å². The number of fused-ring (bicyclic) bond motifs is 1. The lowest BCUT2D eigenvalue weighted by molar-refractivity contribution is -0.114. The first kappa shape index (κ1) is 16.6. The van der Waals surface area contributed by atoms with Crippen molar-refractivity contribution < 1.29 is 22.8 Å². The maximum atomic E-state index is 12.8. The number of ether oxygens (including phenoxy) is 1. The third-order valence-corrected chi connectivity index (χ3v) is 5.57. The van der Waals surface area contributed by atoms with Gasteiger partial charge in [-0.2, -0.15) is 0 Å². The number of benzene rings is 2. The topological polar surface area (TPSA) is 72.9 Å². The molecule has 0 saturated carbocycles. The Morgan fingerprint density at radius 3 is 2.54 bits per heavy atom. The van der Waals surface area contributed by atoms with Crippen molar-refractivity contribution in [2.24, 2.45) is 0 Å². The Bertz CT molecular complexity index is 892. The summed E-state index contributed by atoms with van der Waals surface area (Å²) in [7, 11) is -2.53. The van der Waals surface area contributed by atoms with E-state index < -0.39 is 16.0 Å². The van der Waals surface area contributed by atoms with E-state index in [1.807, 2.05) is 24.3 Å². The van der Waals surface area contributed by atoms with E-state index in [2.05, 4.69) is 4.74 Å². The summed E-state index contributed by atoms with van der Waals surface area (Å²) in [5.41, 5.74) is 2.75. The summed E-state index contributed by atoms with van der Waals surface area (Å²) >= 11 is 0. The second kappa shape index (κ2) is 6.35. The van der Waals surface area contributed by atoms with Crippen molar-refractivity contribution in [2.75, 3.05) is 7.11 Å². The van der Waals surface area contributed by atoms with E-state index in [4.69, 9.17) is 4.84 Å². The Morgan fingerprint density at radius 2 is 1.88 bits per heavy atom. The standard InChI is InChI=1S/C17H17NO5S/c1-12-9-15(7-8-16(12)17(19)22-2)24(20,21)18-10-13-5-3-4-6-14(13)11-23-18/h3-9H,10-11H2,1-2H3. The molecule has 0 spiro atoms. The van der Waals surface area contributed by atoms with Crippen molar-refractivity contribution in [1.82, 2.24) is 4.47 Å². The smallest absolute Gasteiger partial charge is 0.338 e. The molecule has 0 amide bonds. The van der Waals surface area contributed by atoms with Gasteiger partial charge in [-0.1, -0.05) is 28.7 Å². The largest absolute Gasteiger partial charge is 0.465 e. The van der Waals surface area contributed by atoms with Crippen LogP contribution in [0.15, 0.2) is 47.4 Å². The van der Waals surface area contributed by atoms with E-state index in [0.29, 0.717) is 11.1 Å². The van der Waals surface area contributed by atoms with Crippen LogP contribution in [0, 0.1) is 6.92 Å². The van der Waals surface area contributed by atoms with E-state index in [1.165, 1.54) is 25.3 Å². The molecule has 0 bridgehead atoms. The van der Waals surface area contributed by atoms with Crippen LogP contribution in [0.2, 0.25) is 0 Å². The zero-order chi connectivity index (χ0) is 17.3. The lowest BCUT2D eigenvalue weighted by atomic mass is 10.1. The molecule has 0 radical (unpaired) electrons. The molecule has 0 N–H and O–H groups in total. The monoisotopic (exact) mass is 347 g/mol. The SMILES string of the molecule is COC(=O)c1ccc(S(=O)(=O)N2Cc3ccccc3CO2)cc1C. The molecular weight excluding hydrogens is 330 g/mol. The zero-order valence-electron chi connectivity index (χ0n) is 13.4. The van der Waals surface area contributed by atoms with Gasteiger partial charge in [-0.05, 0) is 41.8 Å². The molecule has 1 aliphatic heterocycles. The van der Waals surface area contributed by atoms with Gasteiger partial charge in [-0.25, -0.2) is 13.2 Å². The van der Waals surface area contributed by atoms with Gasteiger partial charge in [0.15, 0.2) is 0 Å². The molecule has 2 aromatic rings. The Morgan fingerprint density at radius 1 is 1.17 bits per heavy atom. The average Bonchev–Trinajstić information content (AvgIpc) is 2.60. The second-order valence-corrected chi connectivity index (χ2v) is 7.31. The number of hydroxylamine groups is 1. The van der Waals surface area contributed by atoms with E-state index in [1.54, 1.807) is 6.92 Å². The first-order chi connectivity index (χ1) is 11.4. The number of carbonyl (C=O) groups is 1. The summed E-state index contributed by atoms with van der Waals surface area (Å²) in [6.07, 6.45) is 0. The molecule has 0 aromatic heterocycles. The molecule has 0 saturated heterocycles. The normalized spacial score (nSPS) is 14.9. The van der Waals surface area contributed by atoms with Crippen molar-refractivity contribution >= 4 is 16.0 Å². The molecule has 0 fully saturated rings. The lowest BCUT2D eigenvalue weighted by Gasteiger charge is -2.27. The highest BCUT2D eigenvalue weighted by atomic mass is 32.2. The number of carbonyl (C=O) groups excluding carboxylic acids is 1. The van der Waals surface area contributed by atoms with Crippen LogP contribution in [-0.2, 0) is 32.7 Å². The molecule has 24 heavy (non-hydrogen) atoms. The molecule has 126 valence electrons. The van der Waals surface area contributed by atoms with Crippen LogP contribution in [-0.4, -0.2) is 26.0 Å². The Hall–Kier alpha value is -2.22. The van der Waals surface area contributed by atoms with E-state index in [-0.39, 0.29) is 18.0 Å². The number of nitrogens with zero attached hydrogens (tertiary/aromatic N) is 1. The van der Waals surface area contributed by atoms with Crippen molar-refractivity contribution in [3.63, 3.8) is 0 Å². The summed E-state index contributed by atoms with van der Waals surface area (Å²) in [6.45, 7) is 2.02. The summed E-state index contributed by atoms with van der Waals surface area (Å²) in [6, 6.07) is 11.8. The molecule has 1 heterocycles. The van der Waals surface area contributed by atoms with Crippen molar-refractivity contribution in [1.29, 1.82) is 0 Å². The number of hydrogen-bond donors (Lipinski definition) is 0. The van der Waals surface area contributed by atoms with Crippen molar-refractivity contribution in [3.8, 4) is 0 Å². The Labute approximate surface area is 140 Å². The van der Waals surface area contributed by atoms with Gasteiger partial charge in [0.25, 0.3) is 10.0 Å². The van der Waals surface area contributed by atoms with Gasteiger partial charge in [0.05, 0.1) is 30.7 Å². The third kappa shape index (κ3) is 2.93. The number of aryl methyl sites for hydroxylation is 1. The zero-order valence-corrected chi connectivity index (χ0v) is 14.2. The van der Waals surface area contributed by atoms with Crippen LogP contribution >= 0.6 is 0 Å². The third-order valence-electron chi connectivity index (χ3n) is 3.95. The molecule has 1 aliphatic rings. The Balaban J connectivity index is 1.92. The second-order valence-electron chi connectivity index (χ2n) is 5.48. The fraction of sp³-hybridized carbons (Fsp3) is 0.235. The van der Waals surface area contributed by atoms with Crippen LogP contribution in [0.1, 0.15) is 27.0 Å². The number of methoxy groups -OCH3 is 1. The predicted molar refractivity (Wildman–Crippen MR) is 86.5 cm³/mol. The number of esters is 1. The minimum absolute atomic E-state index is 0.0760. The molecule has 3 rings (SSSR count). The fourth-order valence-corrected chi connectivity index (χ4v) is 3.89.